The number of imide groups is 1. The van der Waals surface area contributed by atoms with Crippen LogP contribution in [-0.2, 0) is 9.53 Å². The van der Waals surface area contributed by atoms with Gasteiger partial charge in [-0.3, -0.25) is 19.3 Å². The molecule has 0 spiro atoms. The highest BCUT2D eigenvalue weighted by molar-refractivity contribution is 6.22. The maximum atomic E-state index is 11.8. The number of fused-ring (bicyclic) bond motifs is 1. The molecule has 0 saturated carbocycles. The third-order valence-corrected chi connectivity index (χ3v) is 2.46. The molecule has 0 atom stereocenters. The molecule has 0 aliphatic carbocycles. The second kappa shape index (κ2) is 4.67. The van der Waals surface area contributed by atoms with Crippen LogP contribution in [0.5, 0.6) is 0 Å². The number of ether oxygens (including phenoxy) is 1. The molecule has 6 nitrogen and oxygen atoms in total. The lowest BCUT2D eigenvalue weighted by molar-refractivity contribution is -0.142. The van der Waals surface area contributed by atoms with E-state index in [1.807, 2.05) is 0 Å². The van der Waals surface area contributed by atoms with Crippen molar-refractivity contribution in [3.63, 3.8) is 0 Å². The van der Waals surface area contributed by atoms with E-state index >= 15 is 0 Å². The number of carbonyl (C=O) groups is 3. The molecule has 0 aromatic heterocycles. The second-order valence-corrected chi connectivity index (χ2v) is 3.56. The molecule has 2 rings (SSSR count). The minimum atomic E-state index is -0.786. The predicted molar refractivity (Wildman–Crippen MR) is 58.4 cm³/mol. The van der Waals surface area contributed by atoms with Gasteiger partial charge in [-0.1, -0.05) is 12.1 Å². The van der Waals surface area contributed by atoms with Gasteiger partial charge in [0.15, 0.2) is 6.61 Å². The number of rotatable bonds is 3. The molecule has 0 saturated heterocycles. The fourth-order valence-electron chi connectivity index (χ4n) is 1.67. The summed E-state index contributed by atoms with van der Waals surface area (Å²) in [5.41, 5.74) is 0.547. The zero-order valence-corrected chi connectivity index (χ0v) is 9.25. The van der Waals surface area contributed by atoms with E-state index in [-0.39, 0.29) is 11.1 Å². The average molecular weight is 244 g/mol. The van der Waals surface area contributed by atoms with E-state index in [2.05, 4.69) is 4.74 Å². The smallest absolute Gasteiger partial charge is 0.327 e. The molecule has 0 unspecified atom stereocenters. The van der Waals surface area contributed by atoms with Gasteiger partial charge in [-0.05, 0) is 12.1 Å². The normalized spacial score (nSPS) is 13.2. The fraction of sp³-hybridized carbons (Fsp3) is 0.167. The summed E-state index contributed by atoms with van der Waals surface area (Å²) in [6, 6.07) is 7.96. The topological polar surface area (TPSA) is 87.5 Å². The Morgan fingerprint density at radius 2 is 1.78 bits per heavy atom. The third kappa shape index (κ3) is 1.94. The summed E-state index contributed by atoms with van der Waals surface area (Å²) in [5.74, 6) is -1.83. The van der Waals surface area contributed by atoms with Gasteiger partial charge in [0, 0.05) is 0 Å². The van der Waals surface area contributed by atoms with Crippen molar-refractivity contribution in [2.24, 2.45) is 0 Å². The van der Waals surface area contributed by atoms with Crippen molar-refractivity contribution in [3.05, 3.63) is 35.4 Å². The molecule has 90 valence electrons. The first kappa shape index (κ1) is 11.8. The minimum Gasteiger partial charge on any atom is -0.449 e. The van der Waals surface area contributed by atoms with E-state index < -0.39 is 30.9 Å². The number of hydrogen-bond donors (Lipinski definition) is 0. The van der Waals surface area contributed by atoms with Crippen LogP contribution < -0.4 is 0 Å². The standard InChI is InChI=1S/C12H8N2O4/c13-5-6-18-10(15)7-14-11(16)8-3-1-2-4-9(8)12(14)17/h1-4H,6-7H2. The Balaban J connectivity index is 2.14. The van der Waals surface area contributed by atoms with Crippen LogP contribution in [0.15, 0.2) is 24.3 Å². The van der Waals surface area contributed by atoms with Gasteiger partial charge in [-0.2, -0.15) is 5.26 Å². The molecule has 0 bridgehead atoms. The van der Waals surface area contributed by atoms with Crippen LogP contribution in [0.4, 0.5) is 0 Å². The molecule has 2 amide bonds. The van der Waals surface area contributed by atoms with Gasteiger partial charge >= 0.3 is 5.97 Å². The fourth-order valence-corrected chi connectivity index (χ4v) is 1.67. The van der Waals surface area contributed by atoms with Crippen molar-refractivity contribution in [2.75, 3.05) is 13.2 Å². The molecular formula is C12H8N2O4. The van der Waals surface area contributed by atoms with Gasteiger partial charge in [0.25, 0.3) is 11.8 Å². The largest absolute Gasteiger partial charge is 0.449 e. The molecule has 1 aliphatic heterocycles. The van der Waals surface area contributed by atoms with Crippen molar-refractivity contribution in [3.8, 4) is 6.07 Å². The van der Waals surface area contributed by atoms with Crippen LogP contribution in [0.2, 0.25) is 0 Å². The SMILES string of the molecule is N#CCOC(=O)CN1C(=O)c2ccccc2C1=O. The Bertz CT molecular complexity index is 539. The quantitative estimate of drug-likeness (QED) is 0.565. The summed E-state index contributed by atoms with van der Waals surface area (Å²) >= 11 is 0. The molecule has 18 heavy (non-hydrogen) atoms. The number of amides is 2. The van der Waals surface area contributed by atoms with Crippen LogP contribution in [-0.4, -0.2) is 35.8 Å². The Kier molecular flexibility index (Phi) is 3.06. The molecule has 0 radical (unpaired) electrons. The zero-order valence-electron chi connectivity index (χ0n) is 9.25. The van der Waals surface area contributed by atoms with Gasteiger partial charge in [0.1, 0.15) is 12.6 Å². The van der Waals surface area contributed by atoms with E-state index in [9.17, 15) is 14.4 Å². The Labute approximate surface area is 102 Å². The maximum Gasteiger partial charge on any atom is 0.327 e. The van der Waals surface area contributed by atoms with Gasteiger partial charge in [-0.15, -0.1) is 0 Å². The number of nitriles is 1. The lowest BCUT2D eigenvalue weighted by Gasteiger charge is -2.11. The van der Waals surface area contributed by atoms with E-state index in [0.29, 0.717) is 0 Å². The lowest BCUT2D eigenvalue weighted by atomic mass is 10.1. The average Bonchev–Trinajstić information content (AvgIpc) is 2.62. The van der Waals surface area contributed by atoms with Crippen LogP contribution in [0.1, 0.15) is 20.7 Å². The van der Waals surface area contributed by atoms with Crippen molar-refractivity contribution in [1.29, 1.82) is 5.26 Å². The number of esters is 1. The summed E-state index contributed by atoms with van der Waals surface area (Å²) in [7, 11) is 0. The van der Waals surface area contributed by atoms with Crippen LogP contribution in [0, 0.1) is 11.3 Å². The van der Waals surface area contributed by atoms with Crippen molar-refractivity contribution >= 4 is 17.8 Å². The van der Waals surface area contributed by atoms with E-state index in [1.165, 1.54) is 12.1 Å². The lowest BCUT2D eigenvalue weighted by Crippen LogP contribution is -2.35. The highest BCUT2D eigenvalue weighted by atomic mass is 16.5. The number of nitrogens with zero attached hydrogens (tertiary/aromatic N) is 2. The molecule has 1 aromatic rings. The summed E-state index contributed by atoms with van der Waals surface area (Å²) in [6.45, 7) is -0.879. The molecule has 0 N–H and O–H groups in total. The third-order valence-electron chi connectivity index (χ3n) is 2.46. The van der Waals surface area contributed by atoms with Gasteiger partial charge in [0.2, 0.25) is 0 Å². The first-order valence-electron chi connectivity index (χ1n) is 5.13. The minimum absolute atomic E-state index is 0.274. The van der Waals surface area contributed by atoms with Gasteiger partial charge in [-0.25, -0.2) is 0 Å². The first-order valence-corrected chi connectivity index (χ1v) is 5.13. The van der Waals surface area contributed by atoms with Gasteiger partial charge in [0.05, 0.1) is 11.1 Å². The number of carbonyl (C=O) groups excluding carboxylic acids is 3. The number of hydrogen-bond acceptors (Lipinski definition) is 5. The highest BCUT2D eigenvalue weighted by Gasteiger charge is 2.36. The monoisotopic (exact) mass is 244 g/mol. The van der Waals surface area contributed by atoms with E-state index in [4.69, 9.17) is 5.26 Å². The Morgan fingerprint density at radius 3 is 2.28 bits per heavy atom. The summed E-state index contributed by atoms with van der Waals surface area (Å²) < 4.78 is 4.50. The second-order valence-electron chi connectivity index (χ2n) is 3.56. The van der Waals surface area contributed by atoms with E-state index in [1.54, 1.807) is 18.2 Å². The van der Waals surface area contributed by atoms with Crippen molar-refractivity contribution in [1.82, 2.24) is 4.90 Å². The molecule has 1 aromatic carbocycles. The van der Waals surface area contributed by atoms with Crippen molar-refractivity contribution in [2.45, 2.75) is 0 Å². The summed E-state index contributed by atoms with van der Waals surface area (Å²) in [5, 5.41) is 8.25. The molecular weight excluding hydrogens is 236 g/mol. The van der Waals surface area contributed by atoms with E-state index in [0.717, 1.165) is 4.90 Å². The summed E-state index contributed by atoms with van der Waals surface area (Å²) in [4.78, 5) is 35.8. The Morgan fingerprint density at radius 1 is 1.22 bits per heavy atom. The van der Waals surface area contributed by atoms with Crippen molar-refractivity contribution < 1.29 is 19.1 Å². The maximum absolute atomic E-state index is 11.8. The molecule has 6 heteroatoms. The van der Waals surface area contributed by atoms with Gasteiger partial charge < -0.3 is 4.74 Å². The molecule has 1 heterocycles. The van der Waals surface area contributed by atoms with Crippen LogP contribution >= 0.6 is 0 Å². The molecule has 1 aliphatic rings. The highest BCUT2D eigenvalue weighted by Crippen LogP contribution is 2.21. The summed E-state index contributed by atoms with van der Waals surface area (Å²) in [6.07, 6.45) is 0. The van der Waals surface area contributed by atoms with Crippen LogP contribution in [0.25, 0.3) is 0 Å². The molecule has 0 fully saturated rings. The number of benzene rings is 1. The Hall–Kier alpha value is -2.68. The zero-order chi connectivity index (χ0) is 13.1. The first-order chi connectivity index (χ1) is 8.65. The van der Waals surface area contributed by atoms with Crippen LogP contribution in [0.3, 0.4) is 0 Å². The predicted octanol–water partition coefficient (Wildman–Crippen LogP) is 0.349.